The lowest BCUT2D eigenvalue weighted by Gasteiger charge is -2.33. The van der Waals surface area contributed by atoms with Crippen molar-refractivity contribution >= 4 is 16.9 Å². The summed E-state index contributed by atoms with van der Waals surface area (Å²) in [6.45, 7) is 6.97. The van der Waals surface area contributed by atoms with Crippen molar-refractivity contribution in [3.8, 4) is 11.5 Å². The van der Waals surface area contributed by atoms with Crippen molar-refractivity contribution in [1.82, 2.24) is 5.32 Å². The predicted octanol–water partition coefficient (Wildman–Crippen LogP) is 2.88. The molecule has 1 N–H and O–H groups in total. The molecule has 1 amide bonds. The van der Waals surface area contributed by atoms with Gasteiger partial charge in [0.05, 0.1) is 11.5 Å². The van der Waals surface area contributed by atoms with E-state index in [4.69, 9.17) is 18.6 Å². The first-order valence-electron chi connectivity index (χ1n) is 10.1. The lowest BCUT2D eigenvalue weighted by molar-refractivity contribution is -0.123. The van der Waals surface area contributed by atoms with E-state index in [-0.39, 0.29) is 24.2 Å². The van der Waals surface area contributed by atoms with Gasteiger partial charge in [-0.3, -0.25) is 4.79 Å². The number of hydrogen-bond acceptors (Lipinski definition) is 6. The molecule has 4 rings (SSSR count). The van der Waals surface area contributed by atoms with Crippen LogP contribution in [0, 0.1) is 6.92 Å². The van der Waals surface area contributed by atoms with Crippen LogP contribution in [0.4, 0.5) is 0 Å². The molecule has 0 radical (unpaired) electrons. The van der Waals surface area contributed by atoms with Crippen molar-refractivity contribution in [2.75, 3.05) is 19.8 Å². The highest BCUT2D eigenvalue weighted by Gasteiger charge is 2.30. The second-order valence-corrected chi connectivity index (χ2v) is 8.39. The van der Waals surface area contributed by atoms with Crippen molar-refractivity contribution in [1.29, 1.82) is 0 Å². The van der Waals surface area contributed by atoms with E-state index in [9.17, 15) is 9.59 Å². The Morgan fingerprint density at radius 2 is 2.17 bits per heavy atom. The van der Waals surface area contributed by atoms with Crippen LogP contribution < -0.4 is 20.4 Å². The first kappa shape index (κ1) is 19.8. The van der Waals surface area contributed by atoms with Gasteiger partial charge in [0.2, 0.25) is 0 Å². The van der Waals surface area contributed by atoms with Gasteiger partial charge in [0.1, 0.15) is 22.7 Å². The minimum atomic E-state index is -0.409. The Morgan fingerprint density at radius 3 is 2.93 bits per heavy atom. The Balaban J connectivity index is 1.59. The average molecular weight is 401 g/mol. The molecular weight excluding hydrogens is 374 g/mol. The summed E-state index contributed by atoms with van der Waals surface area (Å²) in [6, 6.07) is 3.24. The number of carbonyl (C=O) groups is 1. The zero-order valence-corrected chi connectivity index (χ0v) is 17.1. The number of hydrogen-bond donors (Lipinski definition) is 1. The molecule has 2 aliphatic rings. The molecule has 29 heavy (non-hydrogen) atoms. The maximum atomic E-state index is 12.2. The summed E-state index contributed by atoms with van der Waals surface area (Å²) in [7, 11) is 0. The van der Waals surface area contributed by atoms with Crippen LogP contribution in [0.25, 0.3) is 11.0 Å². The summed E-state index contributed by atoms with van der Waals surface area (Å²) < 4.78 is 23.0. The molecule has 1 saturated heterocycles. The Morgan fingerprint density at radius 1 is 1.34 bits per heavy atom. The van der Waals surface area contributed by atoms with Crippen molar-refractivity contribution in [2.45, 2.75) is 58.2 Å². The zero-order chi connectivity index (χ0) is 20.6. The summed E-state index contributed by atoms with van der Waals surface area (Å²) in [5.74, 6) is 0.893. The van der Waals surface area contributed by atoms with E-state index in [2.05, 4.69) is 5.32 Å². The Bertz CT molecular complexity index is 987. The number of nitrogens with one attached hydrogen (secondary N) is 1. The fourth-order valence-corrected chi connectivity index (χ4v) is 3.96. The van der Waals surface area contributed by atoms with Gasteiger partial charge in [-0.2, -0.15) is 0 Å². The number of carbonyl (C=O) groups excluding carboxylic acids is 1. The van der Waals surface area contributed by atoms with Gasteiger partial charge in [0, 0.05) is 30.8 Å². The second-order valence-electron chi connectivity index (χ2n) is 8.39. The van der Waals surface area contributed by atoms with E-state index in [1.54, 1.807) is 6.07 Å². The summed E-state index contributed by atoms with van der Waals surface area (Å²) in [5, 5.41) is 3.56. The van der Waals surface area contributed by atoms with Crippen molar-refractivity contribution < 1.29 is 23.4 Å². The number of ether oxygens (including phenoxy) is 3. The van der Waals surface area contributed by atoms with Crippen LogP contribution in [-0.2, 0) is 16.0 Å². The topological polar surface area (TPSA) is 87.0 Å². The summed E-state index contributed by atoms with van der Waals surface area (Å²) in [4.78, 5) is 24.2. The molecule has 156 valence electrons. The van der Waals surface area contributed by atoms with E-state index in [0.29, 0.717) is 29.0 Å². The first-order valence-corrected chi connectivity index (χ1v) is 10.1. The molecule has 0 saturated carbocycles. The molecule has 2 aromatic rings. The maximum absolute atomic E-state index is 12.2. The molecule has 0 bridgehead atoms. The summed E-state index contributed by atoms with van der Waals surface area (Å²) in [6.07, 6.45) is 3.63. The van der Waals surface area contributed by atoms with Crippen molar-refractivity contribution in [3.63, 3.8) is 0 Å². The van der Waals surface area contributed by atoms with Crippen molar-refractivity contribution in [3.05, 3.63) is 33.7 Å². The lowest BCUT2D eigenvalue weighted by Crippen LogP contribution is -2.35. The normalized spacial score (nSPS) is 20.2. The molecule has 0 aliphatic carbocycles. The number of fused-ring (bicyclic) bond motifs is 3. The second kappa shape index (κ2) is 7.71. The van der Waals surface area contributed by atoms with Crippen LogP contribution in [0.1, 0.15) is 44.2 Å². The van der Waals surface area contributed by atoms with Crippen LogP contribution >= 0.6 is 0 Å². The Labute approximate surface area is 169 Å². The Kier molecular flexibility index (Phi) is 5.25. The van der Waals surface area contributed by atoms with E-state index in [0.717, 1.165) is 43.4 Å². The van der Waals surface area contributed by atoms with E-state index in [1.165, 1.54) is 6.07 Å². The highest BCUT2D eigenvalue weighted by Crippen LogP contribution is 2.42. The van der Waals surface area contributed by atoms with E-state index in [1.807, 2.05) is 20.8 Å². The standard InChI is InChI=1S/C22H27NO6/c1-13-9-19(25)28-21-15-6-7-22(2,3)29-16(15)10-17(20(13)21)27-12-18(24)23-11-14-5-4-8-26-14/h9-10,14H,4-8,11-12H2,1-3H3,(H,23,24)/t14-/m0/s1. The summed E-state index contributed by atoms with van der Waals surface area (Å²) in [5.41, 5.74) is 1.38. The lowest BCUT2D eigenvalue weighted by atomic mass is 9.92. The van der Waals surface area contributed by atoms with Crippen LogP contribution in [-0.4, -0.2) is 37.4 Å². The minimum Gasteiger partial charge on any atom is -0.487 e. The molecule has 2 aliphatic heterocycles. The van der Waals surface area contributed by atoms with Gasteiger partial charge in [0.15, 0.2) is 6.61 Å². The predicted molar refractivity (Wildman–Crippen MR) is 108 cm³/mol. The van der Waals surface area contributed by atoms with E-state index >= 15 is 0 Å². The molecule has 0 unspecified atom stereocenters. The molecule has 1 aromatic carbocycles. The molecule has 1 atom stereocenters. The third-order valence-electron chi connectivity index (χ3n) is 5.51. The van der Waals surface area contributed by atoms with Crippen LogP contribution in [0.5, 0.6) is 11.5 Å². The average Bonchev–Trinajstić information content (AvgIpc) is 3.16. The Hall–Kier alpha value is -2.54. The van der Waals surface area contributed by atoms with Crippen LogP contribution in [0.2, 0.25) is 0 Å². The van der Waals surface area contributed by atoms with Crippen LogP contribution in [0.15, 0.2) is 21.3 Å². The third kappa shape index (κ3) is 4.24. The van der Waals surface area contributed by atoms with Crippen LogP contribution in [0.3, 0.4) is 0 Å². The minimum absolute atomic E-state index is 0.0793. The fourth-order valence-electron chi connectivity index (χ4n) is 3.96. The fraction of sp³-hybridized carbons (Fsp3) is 0.545. The van der Waals surface area contributed by atoms with E-state index < -0.39 is 5.63 Å². The van der Waals surface area contributed by atoms with Gasteiger partial charge in [-0.1, -0.05) is 0 Å². The monoisotopic (exact) mass is 401 g/mol. The smallest absolute Gasteiger partial charge is 0.336 e. The zero-order valence-electron chi connectivity index (χ0n) is 17.1. The number of rotatable bonds is 5. The molecule has 7 nitrogen and oxygen atoms in total. The number of aryl methyl sites for hydroxylation is 2. The quantitative estimate of drug-likeness (QED) is 0.776. The number of benzene rings is 1. The summed E-state index contributed by atoms with van der Waals surface area (Å²) >= 11 is 0. The molecular formula is C22H27NO6. The first-order chi connectivity index (χ1) is 13.8. The molecule has 0 spiro atoms. The van der Waals surface area contributed by atoms with Gasteiger partial charge in [-0.15, -0.1) is 0 Å². The highest BCUT2D eigenvalue weighted by molar-refractivity contribution is 5.91. The van der Waals surface area contributed by atoms with Gasteiger partial charge in [-0.25, -0.2) is 4.79 Å². The van der Waals surface area contributed by atoms with Gasteiger partial charge < -0.3 is 23.9 Å². The molecule has 7 heteroatoms. The van der Waals surface area contributed by atoms with Gasteiger partial charge in [-0.05, 0) is 52.0 Å². The maximum Gasteiger partial charge on any atom is 0.336 e. The number of amides is 1. The third-order valence-corrected chi connectivity index (χ3v) is 5.51. The van der Waals surface area contributed by atoms with Gasteiger partial charge >= 0.3 is 5.63 Å². The van der Waals surface area contributed by atoms with Gasteiger partial charge in [0.25, 0.3) is 5.91 Å². The highest BCUT2D eigenvalue weighted by atomic mass is 16.5. The van der Waals surface area contributed by atoms with Crippen molar-refractivity contribution in [2.24, 2.45) is 0 Å². The largest absolute Gasteiger partial charge is 0.487 e. The SMILES string of the molecule is Cc1cc(=O)oc2c3c(cc(OCC(=O)NC[C@@H]4CCCO4)c12)OC(C)(C)CC3. The molecule has 1 aromatic heterocycles. The molecule has 3 heterocycles. The molecule has 1 fully saturated rings.